The number of benzene rings is 1. The summed E-state index contributed by atoms with van der Waals surface area (Å²) in [5.74, 6) is -0.227. The summed E-state index contributed by atoms with van der Waals surface area (Å²) >= 11 is 17.9. The van der Waals surface area contributed by atoms with Crippen molar-refractivity contribution in [1.29, 1.82) is 0 Å². The van der Waals surface area contributed by atoms with Crippen LogP contribution in [0.5, 0.6) is 5.75 Å². The van der Waals surface area contributed by atoms with Gasteiger partial charge in [0.15, 0.2) is 6.29 Å². The number of aldehydes is 1. The fraction of sp³-hybridized carbons (Fsp3) is 0. The number of aromatic nitrogens is 1. The molecule has 0 aliphatic carbocycles. The van der Waals surface area contributed by atoms with Crippen LogP contribution in [-0.2, 0) is 0 Å². The Bertz CT molecular complexity index is 629. The number of nitrogens with zero attached hydrogens (tertiary/aromatic N) is 1. The third-order valence-corrected chi connectivity index (χ3v) is 3.33. The number of rotatable bonds is 2. The van der Waals surface area contributed by atoms with Crippen LogP contribution in [0.15, 0.2) is 24.4 Å². The van der Waals surface area contributed by atoms with Crippen LogP contribution in [-0.4, -0.2) is 16.4 Å². The van der Waals surface area contributed by atoms with Gasteiger partial charge in [0.2, 0.25) is 0 Å². The van der Waals surface area contributed by atoms with E-state index < -0.39 is 0 Å². The molecular formula is C12H6Cl3NO2. The summed E-state index contributed by atoms with van der Waals surface area (Å²) in [4.78, 5) is 14.4. The van der Waals surface area contributed by atoms with E-state index in [0.29, 0.717) is 32.5 Å². The van der Waals surface area contributed by atoms with E-state index in [1.165, 1.54) is 18.3 Å². The van der Waals surface area contributed by atoms with E-state index in [1.807, 2.05) is 0 Å². The van der Waals surface area contributed by atoms with Gasteiger partial charge in [-0.25, -0.2) is 4.98 Å². The van der Waals surface area contributed by atoms with Gasteiger partial charge in [-0.05, 0) is 18.2 Å². The lowest BCUT2D eigenvalue weighted by molar-refractivity contribution is 0.111. The fourth-order valence-electron chi connectivity index (χ4n) is 1.47. The molecule has 2 aromatic rings. The van der Waals surface area contributed by atoms with Gasteiger partial charge >= 0.3 is 0 Å². The molecular weight excluding hydrogens is 296 g/mol. The van der Waals surface area contributed by atoms with Gasteiger partial charge in [-0.3, -0.25) is 4.79 Å². The lowest BCUT2D eigenvalue weighted by atomic mass is 10.1. The fourth-order valence-corrected chi connectivity index (χ4v) is 2.18. The average Bonchev–Trinajstić information content (AvgIpc) is 2.33. The molecule has 0 spiro atoms. The highest BCUT2D eigenvalue weighted by atomic mass is 35.5. The molecule has 1 aromatic carbocycles. The zero-order chi connectivity index (χ0) is 13.3. The number of hydrogen-bond donors (Lipinski definition) is 1. The highest BCUT2D eigenvalue weighted by molar-refractivity contribution is 6.45. The smallest absolute Gasteiger partial charge is 0.172 e. The Hall–Kier alpha value is -1.29. The van der Waals surface area contributed by atoms with E-state index in [0.717, 1.165) is 0 Å². The Morgan fingerprint density at radius 1 is 1.17 bits per heavy atom. The standard InChI is InChI=1S/C12H6Cl3NO2/c13-7-2-8(12(15)9(14)3-7)6-1-11(18)10(5-17)16-4-6/h1-5,18H. The first-order chi connectivity index (χ1) is 8.52. The molecule has 18 heavy (non-hydrogen) atoms. The van der Waals surface area contributed by atoms with E-state index >= 15 is 0 Å². The topological polar surface area (TPSA) is 50.2 Å². The van der Waals surface area contributed by atoms with Crippen molar-refractivity contribution in [3.63, 3.8) is 0 Å². The van der Waals surface area contributed by atoms with Crippen LogP contribution in [0.1, 0.15) is 10.5 Å². The molecule has 1 aromatic heterocycles. The summed E-state index contributed by atoms with van der Waals surface area (Å²) in [7, 11) is 0. The first-order valence-electron chi connectivity index (χ1n) is 4.82. The summed E-state index contributed by atoms with van der Waals surface area (Å²) in [6.45, 7) is 0. The number of carbonyl (C=O) groups excluding carboxylic acids is 1. The second-order valence-corrected chi connectivity index (χ2v) is 4.72. The second kappa shape index (κ2) is 5.14. The Morgan fingerprint density at radius 3 is 2.50 bits per heavy atom. The van der Waals surface area contributed by atoms with Gasteiger partial charge in [-0.15, -0.1) is 0 Å². The molecule has 0 atom stereocenters. The SMILES string of the molecule is O=Cc1ncc(-c2cc(Cl)cc(Cl)c2Cl)cc1O. The summed E-state index contributed by atoms with van der Waals surface area (Å²) in [5, 5.41) is 10.6. The lowest BCUT2D eigenvalue weighted by Crippen LogP contribution is -1.89. The summed E-state index contributed by atoms with van der Waals surface area (Å²) < 4.78 is 0. The third kappa shape index (κ3) is 2.43. The molecule has 0 bridgehead atoms. The molecule has 0 saturated carbocycles. The van der Waals surface area contributed by atoms with Crippen molar-refractivity contribution in [2.75, 3.05) is 0 Å². The molecule has 1 heterocycles. The largest absolute Gasteiger partial charge is 0.506 e. The molecule has 1 N–H and O–H groups in total. The predicted octanol–water partition coefficient (Wildman–Crippen LogP) is 4.23. The van der Waals surface area contributed by atoms with Crippen molar-refractivity contribution >= 4 is 41.1 Å². The Morgan fingerprint density at radius 2 is 1.89 bits per heavy atom. The summed E-state index contributed by atoms with van der Waals surface area (Å²) in [5.41, 5.74) is 1.02. The normalized spacial score (nSPS) is 10.4. The van der Waals surface area contributed by atoms with Gasteiger partial charge in [0, 0.05) is 22.3 Å². The zero-order valence-corrected chi connectivity index (χ0v) is 11.1. The van der Waals surface area contributed by atoms with E-state index in [9.17, 15) is 9.90 Å². The summed E-state index contributed by atoms with van der Waals surface area (Å²) in [6, 6.07) is 4.50. The molecule has 0 aliphatic rings. The van der Waals surface area contributed by atoms with Crippen molar-refractivity contribution in [3.8, 4) is 16.9 Å². The highest BCUT2D eigenvalue weighted by Crippen LogP contribution is 2.37. The Balaban J connectivity index is 2.62. The number of carbonyl (C=O) groups is 1. The van der Waals surface area contributed by atoms with Crippen molar-refractivity contribution in [1.82, 2.24) is 4.98 Å². The number of halogens is 3. The molecule has 6 heteroatoms. The van der Waals surface area contributed by atoms with Crippen LogP contribution in [0.25, 0.3) is 11.1 Å². The van der Waals surface area contributed by atoms with Crippen LogP contribution in [0.3, 0.4) is 0 Å². The quantitative estimate of drug-likeness (QED) is 0.667. The monoisotopic (exact) mass is 301 g/mol. The number of aromatic hydroxyl groups is 1. The van der Waals surface area contributed by atoms with E-state index in [4.69, 9.17) is 34.8 Å². The summed E-state index contributed by atoms with van der Waals surface area (Å²) in [6.07, 6.45) is 1.88. The van der Waals surface area contributed by atoms with Gasteiger partial charge in [0.05, 0.1) is 10.0 Å². The van der Waals surface area contributed by atoms with Gasteiger partial charge in [-0.1, -0.05) is 34.8 Å². The maximum absolute atomic E-state index is 10.6. The molecule has 0 aliphatic heterocycles. The average molecular weight is 303 g/mol. The maximum atomic E-state index is 10.6. The van der Waals surface area contributed by atoms with Crippen LogP contribution in [0.2, 0.25) is 15.1 Å². The van der Waals surface area contributed by atoms with Gasteiger partial charge < -0.3 is 5.11 Å². The maximum Gasteiger partial charge on any atom is 0.172 e. The second-order valence-electron chi connectivity index (χ2n) is 3.50. The van der Waals surface area contributed by atoms with Crippen molar-refractivity contribution in [2.24, 2.45) is 0 Å². The van der Waals surface area contributed by atoms with E-state index in [2.05, 4.69) is 4.98 Å². The first kappa shape index (κ1) is 13.1. The van der Waals surface area contributed by atoms with Crippen LogP contribution in [0.4, 0.5) is 0 Å². The molecule has 0 radical (unpaired) electrons. The Labute approximate surface area is 118 Å². The molecule has 0 amide bonds. The highest BCUT2D eigenvalue weighted by Gasteiger charge is 2.11. The molecule has 92 valence electrons. The minimum atomic E-state index is -0.227. The van der Waals surface area contributed by atoms with Crippen molar-refractivity contribution in [2.45, 2.75) is 0 Å². The van der Waals surface area contributed by atoms with Crippen LogP contribution >= 0.6 is 34.8 Å². The first-order valence-corrected chi connectivity index (χ1v) is 5.95. The molecule has 0 fully saturated rings. The molecule has 0 saturated heterocycles. The Kier molecular flexibility index (Phi) is 3.76. The zero-order valence-electron chi connectivity index (χ0n) is 8.82. The van der Waals surface area contributed by atoms with Crippen LogP contribution < -0.4 is 0 Å². The third-order valence-electron chi connectivity index (χ3n) is 2.31. The van der Waals surface area contributed by atoms with E-state index in [-0.39, 0.29) is 11.4 Å². The lowest BCUT2D eigenvalue weighted by Gasteiger charge is -2.08. The van der Waals surface area contributed by atoms with Crippen molar-refractivity contribution < 1.29 is 9.90 Å². The number of pyridine rings is 1. The minimum Gasteiger partial charge on any atom is -0.506 e. The molecule has 3 nitrogen and oxygen atoms in total. The molecule has 2 rings (SSSR count). The van der Waals surface area contributed by atoms with E-state index in [1.54, 1.807) is 6.07 Å². The predicted molar refractivity (Wildman–Crippen MR) is 71.8 cm³/mol. The van der Waals surface area contributed by atoms with Gasteiger partial charge in [0.1, 0.15) is 11.4 Å². The van der Waals surface area contributed by atoms with Gasteiger partial charge in [-0.2, -0.15) is 0 Å². The minimum absolute atomic E-state index is 0.0389. The van der Waals surface area contributed by atoms with Gasteiger partial charge in [0.25, 0.3) is 0 Å². The van der Waals surface area contributed by atoms with Crippen molar-refractivity contribution in [3.05, 3.63) is 45.2 Å². The van der Waals surface area contributed by atoms with Crippen LogP contribution in [0, 0.1) is 0 Å². The molecule has 0 unspecified atom stereocenters. The number of hydrogen-bond acceptors (Lipinski definition) is 3.